The van der Waals surface area contributed by atoms with Crippen LogP contribution in [0.1, 0.15) is 21.5 Å². The monoisotopic (exact) mass is 343 g/mol. The lowest BCUT2D eigenvalue weighted by Crippen LogP contribution is -2.18. The van der Waals surface area contributed by atoms with Crippen LogP contribution in [-0.2, 0) is 0 Å². The van der Waals surface area contributed by atoms with E-state index < -0.39 is 0 Å². The average molecular weight is 343 g/mol. The highest BCUT2D eigenvalue weighted by Crippen LogP contribution is 2.33. The van der Waals surface area contributed by atoms with Gasteiger partial charge in [0.1, 0.15) is 5.75 Å². The van der Waals surface area contributed by atoms with Crippen LogP contribution < -0.4 is 25.4 Å². The Labute approximate surface area is 146 Å². The summed E-state index contributed by atoms with van der Waals surface area (Å²) in [7, 11) is 4.62. The largest absolute Gasteiger partial charge is 0.496 e. The van der Waals surface area contributed by atoms with E-state index in [2.05, 4.69) is 10.5 Å². The molecule has 0 saturated carbocycles. The van der Waals surface area contributed by atoms with Gasteiger partial charge in [-0.15, -0.1) is 0 Å². The molecule has 2 rings (SSSR count). The fraction of sp³-hybridized carbons (Fsp3) is 0.222. The van der Waals surface area contributed by atoms with Gasteiger partial charge in [-0.05, 0) is 36.8 Å². The van der Waals surface area contributed by atoms with E-state index in [-0.39, 0.29) is 5.91 Å². The second kappa shape index (κ2) is 8.05. The molecule has 132 valence electrons. The molecule has 7 heteroatoms. The van der Waals surface area contributed by atoms with Crippen molar-refractivity contribution < 1.29 is 19.0 Å². The van der Waals surface area contributed by atoms with Crippen LogP contribution in [0.2, 0.25) is 0 Å². The Kier molecular flexibility index (Phi) is 5.84. The molecule has 0 aliphatic carbocycles. The molecular formula is C18H21N3O4. The van der Waals surface area contributed by atoms with Gasteiger partial charge in [0, 0.05) is 22.9 Å². The highest BCUT2D eigenvalue weighted by atomic mass is 16.5. The molecule has 0 saturated heterocycles. The number of carbonyl (C=O) groups excluding carboxylic acids is 1. The first kappa shape index (κ1) is 18.1. The van der Waals surface area contributed by atoms with Crippen LogP contribution in [0.15, 0.2) is 35.4 Å². The van der Waals surface area contributed by atoms with Crippen LogP contribution in [-0.4, -0.2) is 33.5 Å². The van der Waals surface area contributed by atoms with Crippen molar-refractivity contribution in [1.29, 1.82) is 0 Å². The smallest absolute Gasteiger partial charge is 0.271 e. The van der Waals surface area contributed by atoms with Crippen molar-refractivity contribution >= 4 is 17.8 Å². The molecular weight excluding hydrogens is 322 g/mol. The normalized spacial score (nSPS) is 10.6. The van der Waals surface area contributed by atoms with Crippen LogP contribution >= 0.6 is 0 Å². The van der Waals surface area contributed by atoms with Gasteiger partial charge < -0.3 is 19.9 Å². The first-order valence-corrected chi connectivity index (χ1v) is 7.49. The van der Waals surface area contributed by atoms with Crippen molar-refractivity contribution in [3.8, 4) is 17.2 Å². The van der Waals surface area contributed by atoms with Crippen molar-refractivity contribution in [2.75, 3.05) is 27.1 Å². The summed E-state index contributed by atoms with van der Waals surface area (Å²) >= 11 is 0. The Balaban J connectivity index is 2.18. The number of aryl methyl sites for hydroxylation is 1. The Morgan fingerprint density at radius 1 is 1.04 bits per heavy atom. The number of hydrogen-bond donors (Lipinski definition) is 2. The van der Waals surface area contributed by atoms with E-state index in [1.807, 2.05) is 6.92 Å². The summed E-state index contributed by atoms with van der Waals surface area (Å²) in [6, 6.07) is 8.43. The van der Waals surface area contributed by atoms with E-state index in [1.165, 1.54) is 20.4 Å². The summed E-state index contributed by atoms with van der Waals surface area (Å²) in [5.41, 5.74) is 10.8. The molecule has 2 aromatic carbocycles. The van der Waals surface area contributed by atoms with Crippen LogP contribution in [0.3, 0.4) is 0 Å². The number of amides is 1. The van der Waals surface area contributed by atoms with E-state index >= 15 is 0 Å². The van der Waals surface area contributed by atoms with Crippen LogP contribution in [0.4, 0.5) is 5.69 Å². The van der Waals surface area contributed by atoms with E-state index in [9.17, 15) is 4.79 Å². The molecule has 0 aromatic heterocycles. The summed E-state index contributed by atoms with van der Waals surface area (Å²) in [6.07, 6.45) is 1.48. The average Bonchev–Trinajstić information content (AvgIpc) is 2.63. The van der Waals surface area contributed by atoms with Crippen molar-refractivity contribution in [3.63, 3.8) is 0 Å². The zero-order valence-electron chi connectivity index (χ0n) is 14.6. The van der Waals surface area contributed by atoms with Gasteiger partial charge in [0.15, 0.2) is 11.5 Å². The van der Waals surface area contributed by atoms with Crippen molar-refractivity contribution in [2.45, 2.75) is 6.92 Å². The Hall–Kier alpha value is -3.22. The maximum absolute atomic E-state index is 12.1. The topological polar surface area (TPSA) is 95.2 Å². The predicted molar refractivity (Wildman–Crippen MR) is 96.7 cm³/mol. The van der Waals surface area contributed by atoms with Gasteiger partial charge in [0.2, 0.25) is 0 Å². The fourth-order valence-corrected chi connectivity index (χ4v) is 2.20. The minimum atomic E-state index is -0.334. The molecule has 0 unspecified atom stereocenters. The van der Waals surface area contributed by atoms with Crippen LogP contribution in [0.5, 0.6) is 17.2 Å². The molecule has 0 heterocycles. The third-order valence-electron chi connectivity index (χ3n) is 3.64. The number of nitrogens with one attached hydrogen (secondary N) is 1. The lowest BCUT2D eigenvalue weighted by atomic mass is 10.1. The number of ether oxygens (including phenoxy) is 3. The van der Waals surface area contributed by atoms with Gasteiger partial charge >= 0.3 is 0 Å². The Morgan fingerprint density at radius 2 is 1.68 bits per heavy atom. The summed E-state index contributed by atoms with van der Waals surface area (Å²) in [5, 5.41) is 3.98. The number of methoxy groups -OCH3 is 3. The molecule has 7 nitrogen and oxygen atoms in total. The summed E-state index contributed by atoms with van der Waals surface area (Å²) < 4.78 is 15.8. The lowest BCUT2D eigenvalue weighted by Gasteiger charge is -2.11. The lowest BCUT2D eigenvalue weighted by molar-refractivity contribution is 0.0955. The molecule has 0 bridgehead atoms. The number of hydrazone groups is 1. The number of nitrogens with two attached hydrogens (primary N) is 1. The second-order valence-corrected chi connectivity index (χ2v) is 5.22. The van der Waals surface area contributed by atoms with Gasteiger partial charge in [-0.2, -0.15) is 5.10 Å². The number of hydrogen-bond acceptors (Lipinski definition) is 6. The molecule has 25 heavy (non-hydrogen) atoms. The van der Waals surface area contributed by atoms with Crippen LogP contribution in [0, 0.1) is 6.92 Å². The molecule has 1 amide bonds. The Morgan fingerprint density at radius 3 is 2.28 bits per heavy atom. The fourth-order valence-electron chi connectivity index (χ4n) is 2.20. The van der Waals surface area contributed by atoms with E-state index in [0.29, 0.717) is 34.1 Å². The molecule has 2 aromatic rings. The SMILES string of the molecule is COc1cc(OC)c(OC)cc1/C=N/NC(=O)c1ccc(N)c(C)c1. The third-order valence-corrected chi connectivity index (χ3v) is 3.64. The third kappa shape index (κ3) is 4.20. The number of benzene rings is 2. The number of nitrogen functional groups attached to an aromatic ring is 1. The molecule has 0 fully saturated rings. The van der Waals surface area contributed by atoms with Crippen molar-refractivity contribution in [2.24, 2.45) is 5.10 Å². The zero-order valence-corrected chi connectivity index (χ0v) is 14.6. The molecule has 0 radical (unpaired) electrons. The summed E-state index contributed by atoms with van der Waals surface area (Å²) in [5.74, 6) is 1.28. The van der Waals surface area contributed by atoms with Gasteiger partial charge in [0.25, 0.3) is 5.91 Å². The molecule has 3 N–H and O–H groups in total. The number of nitrogens with zero attached hydrogens (tertiary/aromatic N) is 1. The quantitative estimate of drug-likeness (QED) is 0.477. The van der Waals surface area contributed by atoms with E-state index in [1.54, 1.807) is 37.4 Å². The van der Waals surface area contributed by atoms with Crippen molar-refractivity contribution in [1.82, 2.24) is 5.43 Å². The van der Waals surface area contributed by atoms with Gasteiger partial charge in [0.05, 0.1) is 27.5 Å². The van der Waals surface area contributed by atoms with E-state index in [0.717, 1.165) is 5.56 Å². The standard InChI is InChI=1S/C18H21N3O4/c1-11-7-12(5-6-14(11)19)18(22)21-20-10-13-8-16(24-3)17(25-4)9-15(13)23-2/h5-10H,19H2,1-4H3,(H,21,22)/b20-10+. The second-order valence-electron chi connectivity index (χ2n) is 5.22. The first-order chi connectivity index (χ1) is 12.0. The number of carbonyl (C=O) groups is 1. The molecule has 0 aliphatic heterocycles. The Bertz CT molecular complexity index is 803. The number of rotatable bonds is 6. The highest BCUT2D eigenvalue weighted by Gasteiger charge is 2.11. The van der Waals surface area contributed by atoms with Crippen LogP contribution in [0.25, 0.3) is 0 Å². The van der Waals surface area contributed by atoms with Gasteiger partial charge in [-0.3, -0.25) is 4.79 Å². The first-order valence-electron chi connectivity index (χ1n) is 7.49. The van der Waals surface area contributed by atoms with E-state index in [4.69, 9.17) is 19.9 Å². The predicted octanol–water partition coefficient (Wildman–Crippen LogP) is 2.37. The summed E-state index contributed by atoms with van der Waals surface area (Å²) in [4.78, 5) is 12.1. The number of anilines is 1. The maximum atomic E-state index is 12.1. The van der Waals surface area contributed by atoms with Gasteiger partial charge in [-0.1, -0.05) is 0 Å². The maximum Gasteiger partial charge on any atom is 0.271 e. The minimum Gasteiger partial charge on any atom is -0.496 e. The van der Waals surface area contributed by atoms with Crippen molar-refractivity contribution in [3.05, 3.63) is 47.0 Å². The summed E-state index contributed by atoms with van der Waals surface area (Å²) in [6.45, 7) is 1.84. The molecule has 0 atom stereocenters. The van der Waals surface area contributed by atoms with Gasteiger partial charge in [-0.25, -0.2) is 5.43 Å². The minimum absolute atomic E-state index is 0.334. The molecule has 0 spiro atoms. The highest BCUT2D eigenvalue weighted by molar-refractivity contribution is 5.95. The zero-order chi connectivity index (χ0) is 18.4. The molecule has 0 aliphatic rings.